The molecular weight excluding hydrogens is 364 g/mol. The molecule has 2 aromatic heterocycles. The third-order valence-electron chi connectivity index (χ3n) is 4.20. The molecule has 0 aliphatic carbocycles. The molecule has 0 saturated carbocycles. The number of carbonyl (C=O) groups is 1. The molecule has 0 radical (unpaired) electrons. The molecule has 3 rings (SSSR count). The van der Waals surface area contributed by atoms with E-state index >= 15 is 0 Å². The van der Waals surface area contributed by atoms with Crippen LogP contribution in [-0.2, 0) is 6.54 Å². The highest BCUT2D eigenvalue weighted by molar-refractivity contribution is 7.17. The molecule has 2 aromatic rings. The molecule has 25 heavy (non-hydrogen) atoms. The summed E-state index contributed by atoms with van der Waals surface area (Å²) in [7, 11) is 2.04. The SMILES string of the molecule is Cc1cc(C(C)N2Cc3c(ccnc3Cl)C2=O)ncc1OCC(F)P. The number of ether oxygens (including phenoxy) is 1. The van der Waals surface area contributed by atoms with Crippen molar-refractivity contribution in [3.05, 3.63) is 52.1 Å². The van der Waals surface area contributed by atoms with Crippen LogP contribution in [0.3, 0.4) is 0 Å². The number of nitrogens with zero attached hydrogens (tertiary/aromatic N) is 3. The molecular formula is C17H18ClFN3O2P. The number of alkyl halides is 1. The van der Waals surface area contributed by atoms with Gasteiger partial charge in [-0.05, 0) is 31.5 Å². The van der Waals surface area contributed by atoms with Crippen molar-refractivity contribution in [3.8, 4) is 5.75 Å². The first-order valence-electron chi connectivity index (χ1n) is 7.81. The van der Waals surface area contributed by atoms with Gasteiger partial charge in [0.25, 0.3) is 5.91 Å². The first-order valence-corrected chi connectivity index (χ1v) is 8.86. The van der Waals surface area contributed by atoms with Crippen LogP contribution in [0.4, 0.5) is 4.39 Å². The average Bonchev–Trinajstić information content (AvgIpc) is 2.91. The molecule has 132 valence electrons. The number of aromatic nitrogens is 2. The molecule has 0 saturated heterocycles. The molecule has 0 aromatic carbocycles. The van der Waals surface area contributed by atoms with Crippen LogP contribution in [0.2, 0.25) is 5.15 Å². The Bertz CT molecular complexity index is 818. The van der Waals surface area contributed by atoms with Gasteiger partial charge in [-0.3, -0.25) is 9.78 Å². The predicted octanol–water partition coefficient (Wildman–Crippen LogP) is 3.70. The number of hydrogen-bond acceptors (Lipinski definition) is 4. The van der Waals surface area contributed by atoms with Gasteiger partial charge in [0.05, 0.1) is 24.5 Å². The highest BCUT2D eigenvalue weighted by Crippen LogP contribution is 2.34. The average molecular weight is 382 g/mol. The molecule has 1 aliphatic rings. The fourth-order valence-electron chi connectivity index (χ4n) is 2.80. The van der Waals surface area contributed by atoms with Gasteiger partial charge in [-0.1, -0.05) is 20.8 Å². The Hall–Kier alpha value is -1.78. The Morgan fingerprint density at radius 3 is 2.88 bits per heavy atom. The largest absolute Gasteiger partial charge is 0.488 e. The maximum Gasteiger partial charge on any atom is 0.255 e. The molecule has 1 amide bonds. The minimum Gasteiger partial charge on any atom is -0.488 e. The number of carbonyl (C=O) groups excluding carboxylic acids is 1. The van der Waals surface area contributed by atoms with Gasteiger partial charge in [0, 0.05) is 17.3 Å². The molecule has 3 heterocycles. The van der Waals surface area contributed by atoms with Crippen molar-refractivity contribution in [1.29, 1.82) is 0 Å². The van der Waals surface area contributed by atoms with E-state index < -0.39 is 5.91 Å². The number of pyridine rings is 2. The number of amides is 1. The lowest BCUT2D eigenvalue weighted by molar-refractivity contribution is 0.0712. The molecule has 0 fully saturated rings. The zero-order valence-corrected chi connectivity index (χ0v) is 15.8. The van der Waals surface area contributed by atoms with Gasteiger partial charge in [0.2, 0.25) is 0 Å². The van der Waals surface area contributed by atoms with E-state index in [0.29, 0.717) is 23.0 Å². The van der Waals surface area contributed by atoms with Crippen molar-refractivity contribution in [3.63, 3.8) is 0 Å². The third-order valence-corrected chi connectivity index (χ3v) is 4.72. The van der Waals surface area contributed by atoms with E-state index in [0.717, 1.165) is 16.8 Å². The van der Waals surface area contributed by atoms with Crippen LogP contribution in [0.5, 0.6) is 5.75 Å². The number of rotatable bonds is 5. The summed E-state index contributed by atoms with van der Waals surface area (Å²) in [4.78, 5) is 22.8. The van der Waals surface area contributed by atoms with Crippen molar-refractivity contribution in [2.45, 2.75) is 32.3 Å². The Labute approximate surface area is 152 Å². The second-order valence-corrected chi connectivity index (χ2v) is 7.02. The summed E-state index contributed by atoms with van der Waals surface area (Å²) < 4.78 is 18.3. The molecule has 1 aliphatic heterocycles. The second kappa shape index (κ2) is 7.22. The van der Waals surface area contributed by atoms with E-state index in [4.69, 9.17) is 16.3 Å². The normalized spacial score (nSPS) is 15.9. The zero-order valence-electron chi connectivity index (χ0n) is 13.9. The maximum absolute atomic E-state index is 12.9. The quantitative estimate of drug-likeness (QED) is 0.585. The number of aryl methyl sites for hydroxylation is 1. The fourth-order valence-corrected chi connectivity index (χ4v) is 3.12. The Morgan fingerprint density at radius 2 is 2.24 bits per heavy atom. The predicted molar refractivity (Wildman–Crippen MR) is 96.6 cm³/mol. The van der Waals surface area contributed by atoms with Gasteiger partial charge >= 0.3 is 0 Å². The van der Waals surface area contributed by atoms with Gasteiger partial charge < -0.3 is 9.64 Å². The van der Waals surface area contributed by atoms with Crippen molar-refractivity contribution in [2.24, 2.45) is 0 Å². The van der Waals surface area contributed by atoms with Crippen LogP contribution < -0.4 is 4.74 Å². The lowest BCUT2D eigenvalue weighted by Gasteiger charge is -2.24. The van der Waals surface area contributed by atoms with Gasteiger partial charge in [0.15, 0.2) is 0 Å². The minimum absolute atomic E-state index is 0.0481. The monoisotopic (exact) mass is 381 g/mol. The first kappa shape index (κ1) is 18.0. The summed E-state index contributed by atoms with van der Waals surface area (Å²) in [5.74, 6) is -0.684. The number of halogens is 2. The Kier molecular flexibility index (Phi) is 5.21. The summed E-state index contributed by atoms with van der Waals surface area (Å²) in [6.07, 6.45) is 3.10. The Morgan fingerprint density at radius 1 is 1.48 bits per heavy atom. The molecule has 0 bridgehead atoms. The molecule has 0 spiro atoms. The van der Waals surface area contributed by atoms with E-state index in [-0.39, 0.29) is 18.6 Å². The van der Waals surface area contributed by atoms with Crippen LogP contribution in [0, 0.1) is 6.92 Å². The number of fused-ring (bicyclic) bond motifs is 1. The minimum atomic E-state index is -1.13. The summed E-state index contributed by atoms with van der Waals surface area (Å²) in [6.45, 7) is 4.13. The van der Waals surface area contributed by atoms with Crippen LogP contribution in [0.25, 0.3) is 0 Å². The zero-order chi connectivity index (χ0) is 18.1. The van der Waals surface area contributed by atoms with Gasteiger partial charge in [-0.25, -0.2) is 9.37 Å². The van der Waals surface area contributed by atoms with Crippen molar-refractivity contribution in [2.75, 3.05) is 6.61 Å². The molecule has 0 N–H and O–H groups in total. The molecule has 3 atom stereocenters. The topological polar surface area (TPSA) is 55.3 Å². The van der Waals surface area contributed by atoms with Crippen LogP contribution in [0.1, 0.15) is 40.1 Å². The van der Waals surface area contributed by atoms with Crippen molar-refractivity contribution in [1.82, 2.24) is 14.9 Å². The first-order chi connectivity index (χ1) is 11.9. The Balaban J connectivity index is 1.80. The van der Waals surface area contributed by atoms with Gasteiger partial charge in [0.1, 0.15) is 23.4 Å². The van der Waals surface area contributed by atoms with E-state index in [1.807, 2.05) is 29.2 Å². The van der Waals surface area contributed by atoms with Crippen LogP contribution in [-0.4, -0.2) is 33.3 Å². The lowest BCUT2D eigenvalue weighted by Crippen LogP contribution is -2.28. The summed E-state index contributed by atoms with van der Waals surface area (Å²) in [6, 6.07) is 3.30. The van der Waals surface area contributed by atoms with Crippen molar-refractivity contribution >= 4 is 26.7 Å². The second-order valence-electron chi connectivity index (χ2n) is 5.94. The van der Waals surface area contributed by atoms with E-state index in [1.54, 1.807) is 17.2 Å². The van der Waals surface area contributed by atoms with E-state index in [9.17, 15) is 9.18 Å². The maximum atomic E-state index is 12.9. The summed E-state index contributed by atoms with van der Waals surface area (Å²) >= 11 is 6.10. The highest BCUT2D eigenvalue weighted by atomic mass is 35.5. The summed E-state index contributed by atoms with van der Waals surface area (Å²) in [5.41, 5.74) is 2.90. The van der Waals surface area contributed by atoms with Crippen LogP contribution in [0.15, 0.2) is 24.5 Å². The van der Waals surface area contributed by atoms with Crippen molar-refractivity contribution < 1.29 is 13.9 Å². The molecule has 8 heteroatoms. The lowest BCUT2D eigenvalue weighted by atomic mass is 10.1. The smallest absolute Gasteiger partial charge is 0.255 e. The summed E-state index contributed by atoms with van der Waals surface area (Å²) in [5, 5.41) is 0.353. The van der Waals surface area contributed by atoms with E-state index in [2.05, 4.69) is 9.97 Å². The highest BCUT2D eigenvalue weighted by Gasteiger charge is 2.33. The number of hydrogen-bond donors (Lipinski definition) is 0. The third kappa shape index (κ3) is 3.60. The van der Waals surface area contributed by atoms with Gasteiger partial charge in [-0.2, -0.15) is 0 Å². The standard InChI is InChI=1S/C17H18ClFN3O2P/c1-9-5-13(21-6-14(9)24-8-15(19)25)10(2)22-7-12-11(17(22)23)3-4-20-16(12)18/h3-6,10,15H,7-8,25H2,1-2H3. The van der Waals surface area contributed by atoms with Gasteiger partial charge in [-0.15, -0.1) is 0 Å². The van der Waals surface area contributed by atoms with E-state index in [1.165, 1.54) is 6.20 Å². The molecule has 3 unspecified atom stereocenters. The molecule has 5 nitrogen and oxygen atoms in total. The van der Waals surface area contributed by atoms with Crippen LogP contribution >= 0.6 is 20.8 Å². The fraction of sp³-hybridized carbons (Fsp3) is 0.353.